The van der Waals surface area contributed by atoms with Crippen LogP contribution in [-0.2, 0) is 14.1 Å². The van der Waals surface area contributed by atoms with E-state index in [0.717, 1.165) is 32.0 Å². The Kier molecular flexibility index (Phi) is 6.43. The predicted octanol–water partition coefficient (Wildman–Crippen LogP) is 4.60. The molecule has 0 aromatic heterocycles. The van der Waals surface area contributed by atoms with Crippen LogP contribution >= 0.6 is 0 Å². The zero-order valence-electron chi connectivity index (χ0n) is 21.9. The molecule has 7 heteroatoms. The summed E-state index contributed by atoms with van der Waals surface area (Å²) in [7, 11) is -0.238. The maximum atomic E-state index is 13.8. The van der Waals surface area contributed by atoms with Gasteiger partial charge in [0.05, 0.1) is 11.2 Å². The summed E-state index contributed by atoms with van der Waals surface area (Å²) in [5.41, 5.74) is -1.34. The van der Waals surface area contributed by atoms with Crippen molar-refractivity contribution in [1.82, 2.24) is 10.6 Å². The molecule has 6 nitrogen and oxygen atoms in total. The lowest BCUT2D eigenvalue weighted by atomic mass is 9.74. The largest absolute Gasteiger partial charge is 0.457 e. The van der Waals surface area contributed by atoms with Crippen molar-refractivity contribution in [3.05, 3.63) is 35.9 Å². The van der Waals surface area contributed by atoms with Gasteiger partial charge in [0.1, 0.15) is 5.54 Å². The lowest BCUT2D eigenvalue weighted by Crippen LogP contribution is -2.65. The molecular weight excluding hydrogens is 427 g/mol. The van der Waals surface area contributed by atoms with E-state index in [4.69, 9.17) is 9.31 Å². The van der Waals surface area contributed by atoms with Crippen molar-refractivity contribution in [2.24, 2.45) is 17.8 Å². The van der Waals surface area contributed by atoms with E-state index in [2.05, 4.69) is 38.3 Å². The summed E-state index contributed by atoms with van der Waals surface area (Å²) in [5.74, 6) is 0.574. The van der Waals surface area contributed by atoms with Crippen LogP contribution < -0.4 is 10.6 Å². The number of carbonyl (C=O) groups is 2. The predicted molar refractivity (Wildman–Crippen MR) is 134 cm³/mol. The molecule has 1 saturated heterocycles. The minimum Gasteiger partial charge on any atom is -0.403 e. The number of carbonyl (C=O) groups excluding carboxylic acids is 2. The van der Waals surface area contributed by atoms with E-state index >= 15 is 0 Å². The molecule has 0 spiro atoms. The van der Waals surface area contributed by atoms with Gasteiger partial charge in [0.15, 0.2) is 0 Å². The highest BCUT2D eigenvalue weighted by atomic mass is 16.7. The average Bonchev–Trinajstić information content (AvgIpc) is 3.37. The summed E-state index contributed by atoms with van der Waals surface area (Å²) in [6.07, 6.45) is 4.49. The topological polar surface area (TPSA) is 76.7 Å². The zero-order chi connectivity index (χ0) is 24.9. The number of fused-ring (bicyclic) bond motifs is 1. The summed E-state index contributed by atoms with van der Waals surface area (Å²) < 4.78 is 12.4. The normalized spacial score (nSPS) is 31.1. The second-order valence-corrected chi connectivity index (χ2v) is 12.5. The van der Waals surface area contributed by atoms with Crippen LogP contribution in [0.2, 0.25) is 6.32 Å². The van der Waals surface area contributed by atoms with Crippen LogP contribution in [0.25, 0.3) is 0 Å². The molecule has 1 aromatic carbocycles. The molecule has 1 aromatic rings. The average molecular weight is 468 g/mol. The van der Waals surface area contributed by atoms with E-state index in [9.17, 15) is 9.59 Å². The molecule has 186 valence electrons. The van der Waals surface area contributed by atoms with Crippen molar-refractivity contribution in [2.75, 3.05) is 0 Å². The van der Waals surface area contributed by atoms with E-state index in [1.165, 1.54) is 0 Å². The summed E-state index contributed by atoms with van der Waals surface area (Å²) in [6.45, 7) is 14.2. The van der Waals surface area contributed by atoms with E-state index in [1.54, 1.807) is 12.1 Å². The minimum absolute atomic E-state index is 0.0464. The van der Waals surface area contributed by atoms with Gasteiger partial charge in [-0.05, 0) is 104 Å². The first kappa shape index (κ1) is 25.2. The fourth-order valence-electron chi connectivity index (χ4n) is 5.78. The first-order valence-electron chi connectivity index (χ1n) is 12.8. The number of amides is 2. The molecule has 1 heterocycles. The summed E-state index contributed by atoms with van der Waals surface area (Å²) in [4.78, 5) is 27.1. The molecule has 0 unspecified atom stereocenters. The molecule has 0 radical (unpaired) electrons. The highest BCUT2D eigenvalue weighted by molar-refractivity contribution is 6.45. The van der Waals surface area contributed by atoms with Gasteiger partial charge in [-0.25, -0.2) is 0 Å². The number of nitrogens with one attached hydrogen (secondary N) is 2. The molecule has 2 saturated carbocycles. The molecule has 3 aliphatic rings. The van der Waals surface area contributed by atoms with Gasteiger partial charge in [-0.1, -0.05) is 24.6 Å². The highest BCUT2D eigenvalue weighted by Gasteiger charge is 2.67. The SMILES string of the molecule is CC(C)(C)NC(=O)[C@@]1(NC(=O)c2ccccc2)[C@H](CCCB2OC(C)(C)C(C)(C)O2)C[C@H]2C[C@H]21. The van der Waals surface area contributed by atoms with Crippen LogP contribution in [0.1, 0.15) is 84.5 Å². The fraction of sp³-hybridized carbons (Fsp3) is 0.704. The van der Waals surface area contributed by atoms with Crippen molar-refractivity contribution in [1.29, 1.82) is 0 Å². The quantitative estimate of drug-likeness (QED) is 0.574. The Morgan fingerprint density at radius 1 is 1.03 bits per heavy atom. The Balaban J connectivity index is 1.51. The minimum atomic E-state index is -0.874. The third-order valence-corrected chi connectivity index (χ3v) is 8.25. The maximum Gasteiger partial charge on any atom is 0.457 e. The molecule has 4 rings (SSSR count). The standard InChI is InChI=1S/C27H41BN2O4/c1-24(2,3)30-23(32)27(29-22(31)18-12-9-8-10-13-18)20(16-19-17-21(19)27)14-11-15-28-33-25(4,5)26(6,7)34-28/h8-10,12-13,19-21H,11,14-17H2,1-7H3,(H,29,31)(H,30,32)/t19-,20+,21+,27+/m0/s1. The second-order valence-electron chi connectivity index (χ2n) is 12.5. The van der Waals surface area contributed by atoms with Crippen LogP contribution in [-0.4, -0.2) is 41.2 Å². The third-order valence-electron chi connectivity index (χ3n) is 8.25. The number of rotatable bonds is 7. The van der Waals surface area contributed by atoms with Crippen molar-refractivity contribution >= 4 is 18.9 Å². The molecule has 1 aliphatic heterocycles. The zero-order valence-corrected chi connectivity index (χ0v) is 21.9. The van der Waals surface area contributed by atoms with Gasteiger partial charge >= 0.3 is 7.12 Å². The second kappa shape index (κ2) is 8.67. The van der Waals surface area contributed by atoms with Crippen molar-refractivity contribution in [3.8, 4) is 0 Å². The Hall–Kier alpha value is -1.86. The first-order valence-corrected chi connectivity index (χ1v) is 12.8. The lowest BCUT2D eigenvalue weighted by molar-refractivity contribution is -0.131. The van der Waals surface area contributed by atoms with Crippen LogP contribution in [0.3, 0.4) is 0 Å². The van der Waals surface area contributed by atoms with Gasteiger partial charge < -0.3 is 19.9 Å². The van der Waals surface area contributed by atoms with Gasteiger partial charge in [0.2, 0.25) is 5.91 Å². The fourth-order valence-corrected chi connectivity index (χ4v) is 5.78. The third kappa shape index (κ3) is 4.79. The van der Waals surface area contributed by atoms with E-state index in [-0.39, 0.29) is 47.5 Å². The highest BCUT2D eigenvalue weighted by Crippen LogP contribution is 2.61. The first-order chi connectivity index (χ1) is 15.8. The van der Waals surface area contributed by atoms with E-state index in [1.807, 2.05) is 39.0 Å². The molecule has 2 aliphatic carbocycles. The molecular formula is C27H41BN2O4. The lowest BCUT2D eigenvalue weighted by Gasteiger charge is -2.40. The molecule has 4 atom stereocenters. The molecule has 34 heavy (non-hydrogen) atoms. The van der Waals surface area contributed by atoms with Crippen LogP contribution in [0.15, 0.2) is 30.3 Å². The van der Waals surface area contributed by atoms with Crippen molar-refractivity contribution in [2.45, 2.75) is 103 Å². The Morgan fingerprint density at radius 2 is 1.65 bits per heavy atom. The Morgan fingerprint density at radius 3 is 2.24 bits per heavy atom. The Labute approximate surface area is 205 Å². The maximum absolute atomic E-state index is 13.8. The number of hydrogen-bond acceptors (Lipinski definition) is 4. The van der Waals surface area contributed by atoms with Gasteiger partial charge in [0.25, 0.3) is 5.91 Å². The van der Waals surface area contributed by atoms with E-state index in [0.29, 0.717) is 11.5 Å². The molecule has 0 bridgehead atoms. The molecule has 3 fully saturated rings. The van der Waals surface area contributed by atoms with Crippen LogP contribution in [0.5, 0.6) is 0 Å². The van der Waals surface area contributed by atoms with Crippen molar-refractivity contribution < 1.29 is 18.9 Å². The Bertz CT molecular complexity index is 910. The summed E-state index contributed by atoms with van der Waals surface area (Å²) in [6, 6.07) is 9.21. The van der Waals surface area contributed by atoms with E-state index < -0.39 is 5.54 Å². The molecule has 2 amide bonds. The number of hydrogen-bond donors (Lipinski definition) is 2. The van der Waals surface area contributed by atoms with Gasteiger partial charge in [-0.3, -0.25) is 9.59 Å². The van der Waals surface area contributed by atoms with Crippen LogP contribution in [0, 0.1) is 17.8 Å². The smallest absolute Gasteiger partial charge is 0.403 e. The van der Waals surface area contributed by atoms with Crippen LogP contribution in [0.4, 0.5) is 0 Å². The molecule has 2 N–H and O–H groups in total. The van der Waals surface area contributed by atoms with Gasteiger partial charge in [0, 0.05) is 11.1 Å². The van der Waals surface area contributed by atoms with Gasteiger partial charge in [-0.2, -0.15) is 0 Å². The van der Waals surface area contributed by atoms with Gasteiger partial charge in [-0.15, -0.1) is 0 Å². The summed E-state index contributed by atoms with van der Waals surface area (Å²) in [5, 5.41) is 6.46. The van der Waals surface area contributed by atoms with Crippen molar-refractivity contribution in [3.63, 3.8) is 0 Å². The summed E-state index contributed by atoms with van der Waals surface area (Å²) >= 11 is 0. The monoisotopic (exact) mass is 468 g/mol. The number of benzene rings is 1.